The van der Waals surface area contributed by atoms with Gasteiger partial charge < -0.3 is 9.47 Å². The topological polar surface area (TPSA) is 18.5 Å². The fourth-order valence-corrected chi connectivity index (χ4v) is 3.40. The first-order chi connectivity index (χ1) is 9.26. The van der Waals surface area contributed by atoms with Gasteiger partial charge in [-0.1, -0.05) is 38.0 Å². The van der Waals surface area contributed by atoms with Crippen LogP contribution in [0.1, 0.15) is 55.2 Å². The molecule has 0 radical (unpaired) electrons. The van der Waals surface area contributed by atoms with Gasteiger partial charge in [-0.05, 0) is 41.4 Å². The zero-order chi connectivity index (χ0) is 13.2. The van der Waals surface area contributed by atoms with Crippen LogP contribution >= 0.6 is 0 Å². The highest BCUT2D eigenvalue weighted by Crippen LogP contribution is 2.36. The van der Waals surface area contributed by atoms with E-state index in [0.717, 1.165) is 18.3 Å². The zero-order valence-electron chi connectivity index (χ0n) is 12.0. The molecule has 3 rings (SSSR count). The molecule has 0 saturated heterocycles. The van der Waals surface area contributed by atoms with Crippen LogP contribution in [-0.4, -0.2) is 13.4 Å². The number of benzene rings is 1. The van der Waals surface area contributed by atoms with E-state index in [2.05, 4.69) is 25.1 Å². The van der Waals surface area contributed by atoms with Crippen LogP contribution in [-0.2, 0) is 22.5 Å². The van der Waals surface area contributed by atoms with Crippen molar-refractivity contribution in [3.05, 3.63) is 34.9 Å². The molecule has 1 aliphatic heterocycles. The van der Waals surface area contributed by atoms with Crippen LogP contribution < -0.4 is 0 Å². The molecule has 1 aromatic rings. The average molecular weight is 260 g/mol. The first-order valence-electron chi connectivity index (χ1n) is 7.52. The van der Waals surface area contributed by atoms with Gasteiger partial charge >= 0.3 is 0 Å². The number of rotatable bonds is 2. The number of methoxy groups -OCH3 is 1. The largest absolute Gasteiger partial charge is 0.356 e. The summed E-state index contributed by atoms with van der Waals surface area (Å²) in [6, 6.07) is 7.00. The molecule has 104 valence electrons. The van der Waals surface area contributed by atoms with E-state index < -0.39 is 0 Å². The van der Waals surface area contributed by atoms with Gasteiger partial charge in [0, 0.05) is 13.5 Å². The second-order valence-corrected chi connectivity index (χ2v) is 6.17. The fourth-order valence-electron chi connectivity index (χ4n) is 3.40. The van der Waals surface area contributed by atoms with E-state index in [1.165, 1.54) is 42.4 Å². The maximum absolute atomic E-state index is 5.69. The van der Waals surface area contributed by atoms with Crippen LogP contribution in [0.4, 0.5) is 0 Å². The lowest BCUT2D eigenvalue weighted by atomic mass is 9.79. The van der Waals surface area contributed by atoms with Gasteiger partial charge in [-0.3, -0.25) is 0 Å². The van der Waals surface area contributed by atoms with Gasteiger partial charge in [-0.15, -0.1) is 0 Å². The molecule has 1 aliphatic carbocycles. The van der Waals surface area contributed by atoms with E-state index >= 15 is 0 Å². The zero-order valence-corrected chi connectivity index (χ0v) is 12.0. The van der Waals surface area contributed by atoms with E-state index in [-0.39, 0.29) is 6.29 Å². The summed E-state index contributed by atoms with van der Waals surface area (Å²) in [5.74, 6) is 1.68. The lowest BCUT2D eigenvalue weighted by molar-refractivity contribution is -0.137. The van der Waals surface area contributed by atoms with E-state index in [1.807, 2.05) is 0 Å². The molecular formula is C17H24O2. The number of hydrogen-bond donors (Lipinski definition) is 0. The van der Waals surface area contributed by atoms with Crippen LogP contribution in [0, 0.1) is 5.92 Å². The second kappa shape index (κ2) is 5.64. The van der Waals surface area contributed by atoms with Crippen LogP contribution in [0.25, 0.3) is 0 Å². The Kier molecular flexibility index (Phi) is 3.90. The van der Waals surface area contributed by atoms with Gasteiger partial charge in [0.1, 0.15) is 0 Å². The van der Waals surface area contributed by atoms with E-state index in [4.69, 9.17) is 9.47 Å². The van der Waals surface area contributed by atoms with Crippen molar-refractivity contribution in [3.63, 3.8) is 0 Å². The Morgan fingerprint density at radius 3 is 2.63 bits per heavy atom. The Bertz CT molecular complexity index is 433. The van der Waals surface area contributed by atoms with Crippen LogP contribution in [0.2, 0.25) is 0 Å². The summed E-state index contributed by atoms with van der Waals surface area (Å²) in [7, 11) is 1.72. The first-order valence-corrected chi connectivity index (χ1v) is 7.52. The normalized spacial score (nSPS) is 30.9. The number of ether oxygens (including phenoxy) is 2. The van der Waals surface area contributed by atoms with Gasteiger partial charge in [0.25, 0.3) is 0 Å². The fraction of sp³-hybridized carbons (Fsp3) is 0.647. The van der Waals surface area contributed by atoms with Gasteiger partial charge in [0.2, 0.25) is 0 Å². The van der Waals surface area contributed by atoms with Crippen molar-refractivity contribution in [3.8, 4) is 0 Å². The number of fused-ring (bicyclic) bond motifs is 1. The van der Waals surface area contributed by atoms with Crippen LogP contribution in [0.5, 0.6) is 0 Å². The minimum atomic E-state index is -0.0612. The molecule has 0 spiro atoms. The highest BCUT2D eigenvalue weighted by atomic mass is 16.7. The molecule has 2 aliphatic rings. The van der Waals surface area contributed by atoms with Gasteiger partial charge in [-0.2, -0.15) is 0 Å². The third kappa shape index (κ3) is 2.85. The molecular weight excluding hydrogens is 236 g/mol. The first kappa shape index (κ1) is 13.1. The van der Waals surface area contributed by atoms with Crippen molar-refractivity contribution in [1.82, 2.24) is 0 Å². The highest BCUT2D eigenvalue weighted by Gasteiger charge is 2.23. The molecule has 19 heavy (non-hydrogen) atoms. The summed E-state index contributed by atoms with van der Waals surface area (Å²) in [5.41, 5.74) is 4.28. The highest BCUT2D eigenvalue weighted by molar-refractivity contribution is 5.35. The van der Waals surface area contributed by atoms with Crippen molar-refractivity contribution in [1.29, 1.82) is 0 Å². The minimum Gasteiger partial charge on any atom is -0.356 e. The molecule has 1 atom stereocenters. The molecule has 1 aromatic carbocycles. The van der Waals surface area contributed by atoms with Crippen molar-refractivity contribution < 1.29 is 9.47 Å². The summed E-state index contributed by atoms with van der Waals surface area (Å²) < 4.78 is 11.0. The molecule has 1 unspecified atom stereocenters. The molecule has 0 bridgehead atoms. The van der Waals surface area contributed by atoms with Gasteiger partial charge in [0.15, 0.2) is 6.29 Å². The van der Waals surface area contributed by atoms with Crippen molar-refractivity contribution in [2.24, 2.45) is 5.92 Å². The Labute approximate surface area is 116 Å². The third-order valence-corrected chi connectivity index (χ3v) is 4.79. The lowest BCUT2D eigenvalue weighted by Gasteiger charge is -2.29. The van der Waals surface area contributed by atoms with E-state index in [0.29, 0.717) is 6.61 Å². The monoisotopic (exact) mass is 260 g/mol. The standard InChI is InChI=1S/C17H24O2/c1-12-3-5-13(6-4-12)14-7-8-15-10-17(18-2)19-11-16(15)9-14/h7-9,12-13,17H,3-6,10-11H2,1-2H3. The van der Waals surface area contributed by atoms with Gasteiger partial charge in [0.05, 0.1) is 6.61 Å². The van der Waals surface area contributed by atoms with Crippen LogP contribution in [0.15, 0.2) is 18.2 Å². The van der Waals surface area contributed by atoms with Crippen molar-refractivity contribution in [2.45, 2.75) is 57.8 Å². The second-order valence-electron chi connectivity index (χ2n) is 6.17. The molecule has 0 N–H and O–H groups in total. The summed E-state index contributed by atoms with van der Waals surface area (Å²) in [5, 5.41) is 0. The Morgan fingerprint density at radius 1 is 1.11 bits per heavy atom. The molecule has 0 aromatic heterocycles. The third-order valence-electron chi connectivity index (χ3n) is 4.79. The average Bonchev–Trinajstić information content (AvgIpc) is 2.47. The minimum absolute atomic E-state index is 0.0612. The molecule has 0 amide bonds. The summed E-state index contributed by atoms with van der Waals surface area (Å²) in [4.78, 5) is 0. The number of hydrogen-bond acceptors (Lipinski definition) is 2. The van der Waals surface area contributed by atoms with E-state index in [9.17, 15) is 0 Å². The Morgan fingerprint density at radius 2 is 1.89 bits per heavy atom. The molecule has 1 heterocycles. The Balaban J connectivity index is 1.75. The van der Waals surface area contributed by atoms with Crippen molar-refractivity contribution in [2.75, 3.05) is 7.11 Å². The smallest absolute Gasteiger partial charge is 0.161 e. The summed E-state index contributed by atoms with van der Waals surface area (Å²) in [6.45, 7) is 3.08. The predicted octanol–water partition coefficient (Wildman–Crippen LogP) is 4.03. The van der Waals surface area contributed by atoms with Crippen LogP contribution in [0.3, 0.4) is 0 Å². The summed E-state index contributed by atoms with van der Waals surface area (Å²) >= 11 is 0. The molecule has 1 saturated carbocycles. The lowest BCUT2D eigenvalue weighted by Crippen LogP contribution is -2.24. The molecule has 1 fully saturated rings. The molecule has 2 heteroatoms. The van der Waals surface area contributed by atoms with Gasteiger partial charge in [-0.25, -0.2) is 0 Å². The SMILES string of the molecule is COC1Cc2ccc(C3CCC(C)CC3)cc2CO1. The molecule has 2 nitrogen and oxygen atoms in total. The Hall–Kier alpha value is -0.860. The summed E-state index contributed by atoms with van der Waals surface area (Å²) in [6.07, 6.45) is 6.28. The maximum Gasteiger partial charge on any atom is 0.161 e. The maximum atomic E-state index is 5.69. The predicted molar refractivity (Wildman–Crippen MR) is 76.1 cm³/mol. The van der Waals surface area contributed by atoms with Crippen molar-refractivity contribution >= 4 is 0 Å². The quantitative estimate of drug-likeness (QED) is 0.799. The van der Waals surface area contributed by atoms with E-state index in [1.54, 1.807) is 7.11 Å².